The predicted octanol–water partition coefficient (Wildman–Crippen LogP) is 13.5. The number of thiophene rings is 2. The van der Waals surface area contributed by atoms with Gasteiger partial charge in [-0.15, -0.1) is 22.7 Å². The number of nitrogens with zero attached hydrogens (tertiary/aromatic N) is 2. The summed E-state index contributed by atoms with van der Waals surface area (Å²) in [6, 6.07) is 60.8. The molecular weight excluding hydrogens is 645 g/mol. The molecule has 0 saturated carbocycles. The van der Waals surface area contributed by atoms with E-state index >= 15 is 0 Å². The van der Waals surface area contributed by atoms with Crippen molar-refractivity contribution in [2.24, 2.45) is 0 Å². The zero-order valence-corrected chi connectivity index (χ0v) is 28.5. The summed E-state index contributed by atoms with van der Waals surface area (Å²) >= 11 is 3.59. The highest BCUT2D eigenvalue weighted by molar-refractivity contribution is 7.26. The van der Waals surface area contributed by atoms with Crippen LogP contribution in [-0.2, 0) is 0 Å². The summed E-state index contributed by atoms with van der Waals surface area (Å²) in [7, 11) is 0. The van der Waals surface area contributed by atoms with Gasteiger partial charge in [0.2, 0.25) is 0 Å². The largest absolute Gasteiger partial charge is 0.227 e. The van der Waals surface area contributed by atoms with Crippen LogP contribution in [0.15, 0.2) is 170 Å². The standard InChI is InChI=1S/C46H28N2S2/c1-2-12-29(13-3-1)30-14-8-15-31(26-30)32-16-9-18-34(27-32)43-42-39-21-5-7-25-41(39)50-46(42)48-45(47-43)35-19-10-17-33(28-35)36-22-11-23-38-37-20-4-6-24-40(37)49-44(36)38/h1-28H. The van der Waals surface area contributed by atoms with Crippen molar-refractivity contribution in [2.75, 3.05) is 0 Å². The van der Waals surface area contributed by atoms with Crippen molar-refractivity contribution in [3.05, 3.63) is 170 Å². The van der Waals surface area contributed by atoms with Crippen LogP contribution in [0.25, 0.3) is 96.5 Å². The zero-order chi connectivity index (χ0) is 33.0. The second kappa shape index (κ2) is 11.9. The number of aromatic nitrogens is 2. The molecule has 0 aliphatic carbocycles. The summed E-state index contributed by atoms with van der Waals surface area (Å²) in [6.45, 7) is 0. The van der Waals surface area contributed by atoms with Gasteiger partial charge in [0.25, 0.3) is 0 Å². The van der Waals surface area contributed by atoms with E-state index in [2.05, 4.69) is 170 Å². The van der Waals surface area contributed by atoms with Crippen molar-refractivity contribution in [3.8, 4) is 56.0 Å². The summed E-state index contributed by atoms with van der Waals surface area (Å²) in [5, 5.41) is 4.90. The van der Waals surface area contributed by atoms with Crippen LogP contribution in [0.3, 0.4) is 0 Å². The van der Waals surface area contributed by atoms with E-state index in [1.165, 1.54) is 58.1 Å². The fraction of sp³-hybridized carbons (Fsp3) is 0. The predicted molar refractivity (Wildman–Crippen MR) is 215 cm³/mol. The van der Waals surface area contributed by atoms with Crippen LogP contribution in [0.2, 0.25) is 0 Å². The van der Waals surface area contributed by atoms with Crippen molar-refractivity contribution in [1.29, 1.82) is 0 Å². The lowest BCUT2D eigenvalue weighted by atomic mass is 9.96. The lowest BCUT2D eigenvalue weighted by Crippen LogP contribution is -1.94. The average Bonchev–Trinajstić information content (AvgIpc) is 3.77. The van der Waals surface area contributed by atoms with Gasteiger partial charge >= 0.3 is 0 Å². The lowest BCUT2D eigenvalue weighted by molar-refractivity contribution is 1.24. The minimum atomic E-state index is 0.737. The van der Waals surface area contributed by atoms with E-state index in [0.717, 1.165) is 38.4 Å². The molecule has 0 fully saturated rings. The first kappa shape index (κ1) is 29.0. The van der Waals surface area contributed by atoms with Crippen molar-refractivity contribution in [3.63, 3.8) is 0 Å². The minimum Gasteiger partial charge on any atom is -0.227 e. The van der Waals surface area contributed by atoms with E-state index in [9.17, 15) is 0 Å². The molecule has 50 heavy (non-hydrogen) atoms. The Morgan fingerprint density at radius 2 is 0.900 bits per heavy atom. The Morgan fingerprint density at radius 1 is 0.360 bits per heavy atom. The molecular formula is C46H28N2S2. The lowest BCUT2D eigenvalue weighted by Gasteiger charge is -2.11. The molecule has 0 spiro atoms. The van der Waals surface area contributed by atoms with Crippen LogP contribution in [-0.4, -0.2) is 9.97 Å². The minimum absolute atomic E-state index is 0.737. The Hall–Kier alpha value is -5.94. The molecule has 234 valence electrons. The molecule has 3 heterocycles. The first-order valence-electron chi connectivity index (χ1n) is 16.7. The smallest absolute Gasteiger partial charge is 0.161 e. The van der Waals surface area contributed by atoms with E-state index in [-0.39, 0.29) is 0 Å². The van der Waals surface area contributed by atoms with Crippen LogP contribution in [0.5, 0.6) is 0 Å². The van der Waals surface area contributed by atoms with E-state index in [0.29, 0.717) is 0 Å². The quantitative estimate of drug-likeness (QED) is 0.182. The summed E-state index contributed by atoms with van der Waals surface area (Å²) in [4.78, 5) is 11.6. The molecule has 0 amide bonds. The third kappa shape index (κ3) is 4.92. The van der Waals surface area contributed by atoms with Crippen molar-refractivity contribution >= 4 is 63.1 Å². The highest BCUT2D eigenvalue weighted by Gasteiger charge is 2.18. The van der Waals surface area contributed by atoms with E-state index < -0.39 is 0 Å². The Bertz CT molecular complexity index is 2880. The second-order valence-corrected chi connectivity index (χ2v) is 14.6. The fourth-order valence-electron chi connectivity index (χ4n) is 7.12. The number of hydrogen-bond acceptors (Lipinski definition) is 4. The third-order valence-corrected chi connectivity index (χ3v) is 11.8. The Morgan fingerprint density at radius 3 is 1.70 bits per heavy atom. The van der Waals surface area contributed by atoms with E-state index in [4.69, 9.17) is 9.97 Å². The Labute approximate surface area is 297 Å². The summed E-state index contributed by atoms with van der Waals surface area (Å²) in [6.07, 6.45) is 0. The highest BCUT2D eigenvalue weighted by Crippen LogP contribution is 2.43. The molecule has 4 heteroatoms. The van der Waals surface area contributed by atoms with Gasteiger partial charge in [-0.2, -0.15) is 0 Å². The molecule has 10 aromatic rings. The van der Waals surface area contributed by atoms with E-state index in [1.54, 1.807) is 11.3 Å². The van der Waals surface area contributed by atoms with Crippen LogP contribution in [0.1, 0.15) is 0 Å². The Balaban J connectivity index is 1.13. The van der Waals surface area contributed by atoms with Crippen LogP contribution in [0, 0.1) is 0 Å². The molecule has 0 bridgehead atoms. The second-order valence-electron chi connectivity index (χ2n) is 12.6. The maximum Gasteiger partial charge on any atom is 0.161 e. The van der Waals surface area contributed by atoms with Gasteiger partial charge in [0, 0.05) is 46.8 Å². The normalized spacial score (nSPS) is 11.6. The molecule has 10 rings (SSSR count). The zero-order valence-electron chi connectivity index (χ0n) is 26.9. The van der Waals surface area contributed by atoms with Gasteiger partial charge < -0.3 is 0 Å². The van der Waals surface area contributed by atoms with Crippen molar-refractivity contribution in [1.82, 2.24) is 9.97 Å². The van der Waals surface area contributed by atoms with Crippen LogP contribution < -0.4 is 0 Å². The SMILES string of the molecule is c1ccc(-c2cccc(-c3cccc(-c4nc(-c5cccc(-c6cccc7c6sc6ccccc67)c5)nc5sc6ccccc6c45)c3)c2)cc1. The van der Waals surface area contributed by atoms with Gasteiger partial charge in [0.05, 0.1) is 5.69 Å². The van der Waals surface area contributed by atoms with Gasteiger partial charge in [-0.1, -0.05) is 140 Å². The van der Waals surface area contributed by atoms with Crippen LogP contribution >= 0.6 is 22.7 Å². The average molecular weight is 673 g/mol. The molecule has 3 aromatic heterocycles. The summed E-state index contributed by atoms with van der Waals surface area (Å²) < 4.78 is 3.83. The molecule has 0 atom stereocenters. The monoisotopic (exact) mass is 672 g/mol. The maximum absolute atomic E-state index is 5.39. The van der Waals surface area contributed by atoms with Gasteiger partial charge in [-0.25, -0.2) is 9.97 Å². The fourth-order valence-corrected chi connectivity index (χ4v) is 9.43. The maximum atomic E-state index is 5.39. The number of rotatable bonds is 5. The van der Waals surface area contributed by atoms with Gasteiger partial charge in [-0.3, -0.25) is 0 Å². The molecule has 2 nitrogen and oxygen atoms in total. The van der Waals surface area contributed by atoms with Crippen molar-refractivity contribution in [2.45, 2.75) is 0 Å². The number of hydrogen-bond donors (Lipinski definition) is 0. The van der Waals surface area contributed by atoms with Crippen molar-refractivity contribution < 1.29 is 0 Å². The molecule has 0 saturated heterocycles. The number of benzene rings is 7. The molecule has 0 aliphatic heterocycles. The molecule has 7 aromatic carbocycles. The Kier molecular flexibility index (Phi) is 6.90. The number of fused-ring (bicyclic) bond motifs is 6. The molecule has 0 radical (unpaired) electrons. The van der Waals surface area contributed by atoms with Gasteiger partial charge in [0.1, 0.15) is 4.83 Å². The van der Waals surface area contributed by atoms with E-state index in [1.807, 2.05) is 11.3 Å². The first-order chi connectivity index (χ1) is 24.8. The third-order valence-electron chi connectivity index (χ3n) is 9.51. The topological polar surface area (TPSA) is 25.8 Å². The van der Waals surface area contributed by atoms with Gasteiger partial charge in [0.15, 0.2) is 5.82 Å². The summed E-state index contributed by atoms with van der Waals surface area (Å²) in [5.41, 5.74) is 10.2. The van der Waals surface area contributed by atoms with Crippen LogP contribution in [0.4, 0.5) is 0 Å². The first-order valence-corrected chi connectivity index (χ1v) is 18.4. The highest BCUT2D eigenvalue weighted by atomic mass is 32.1. The van der Waals surface area contributed by atoms with Gasteiger partial charge in [-0.05, 0) is 63.7 Å². The molecule has 0 unspecified atom stereocenters. The molecule has 0 aliphatic rings. The molecule has 0 N–H and O–H groups in total. The summed E-state index contributed by atoms with van der Waals surface area (Å²) in [5.74, 6) is 0.737.